The summed E-state index contributed by atoms with van der Waals surface area (Å²) in [6.07, 6.45) is -3.90. The Morgan fingerprint density at radius 3 is 2.77 bits per heavy atom. The summed E-state index contributed by atoms with van der Waals surface area (Å²) in [6, 6.07) is 4.62. The van der Waals surface area contributed by atoms with Gasteiger partial charge in [0.2, 0.25) is 0 Å². The first kappa shape index (κ1) is 15.9. The van der Waals surface area contributed by atoms with Gasteiger partial charge in [-0.1, -0.05) is 6.07 Å². The zero-order valence-corrected chi connectivity index (χ0v) is 11.8. The average molecular weight is 314 g/mol. The molecule has 2 rings (SSSR count). The van der Waals surface area contributed by atoms with Crippen molar-refractivity contribution in [3.63, 3.8) is 0 Å². The van der Waals surface area contributed by atoms with Crippen LogP contribution in [-0.2, 0) is 10.9 Å². The topological polar surface area (TPSA) is 56.7 Å². The molecule has 0 radical (unpaired) electrons. The molecule has 0 aliphatic carbocycles. The van der Waals surface area contributed by atoms with Crippen molar-refractivity contribution in [1.29, 1.82) is 0 Å². The highest BCUT2D eigenvalue weighted by Crippen LogP contribution is 2.30. The number of oxazole rings is 1. The monoisotopic (exact) mass is 314 g/mol. The lowest BCUT2D eigenvalue weighted by Gasteiger charge is -2.08. The van der Waals surface area contributed by atoms with Crippen LogP contribution in [0.25, 0.3) is 5.69 Å². The van der Waals surface area contributed by atoms with E-state index >= 15 is 0 Å². The Hall–Kier alpha value is -2.51. The zero-order valence-electron chi connectivity index (χ0n) is 11.8. The van der Waals surface area contributed by atoms with Gasteiger partial charge in [0.25, 0.3) is 0 Å². The maximum absolute atomic E-state index is 12.8. The number of hydrogen-bond donors (Lipinski definition) is 0. The molecule has 0 fully saturated rings. The Morgan fingerprint density at radius 2 is 2.14 bits per heavy atom. The number of amides is 1. The lowest BCUT2D eigenvalue weighted by molar-refractivity contribution is -0.137. The number of carbonyl (C=O) groups is 1. The Balaban J connectivity index is 2.52. The first-order valence-electron chi connectivity index (χ1n) is 6.39. The van der Waals surface area contributed by atoms with Gasteiger partial charge in [0.15, 0.2) is 0 Å². The molecule has 0 unspecified atom stereocenters. The second-order valence-electron chi connectivity index (χ2n) is 4.35. The third-order valence-electron chi connectivity index (χ3n) is 2.68. The van der Waals surface area contributed by atoms with Crippen molar-refractivity contribution >= 4 is 6.09 Å². The largest absolute Gasteiger partial charge is 0.448 e. The van der Waals surface area contributed by atoms with E-state index in [2.05, 4.69) is 9.73 Å². The lowest BCUT2D eigenvalue weighted by atomic mass is 10.2. The highest BCUT2D eigenvalue weighted by atomic mass is 19.4. The van der Waals surface area contributed by atoms with Crippen LogP contribution in [0.3, 0.4) is 0 Å². The highest BCUT2D eigenvalue weighted by molar-refractivity contribution is 5.67. The molecule has 2 aromatic rings. The van der Waals surface area contributed by atoms with Crippen LogP contribution in [0.4, 0.5) is 18.0 Å². The number of ether oxygens (including phenoxy) is 1. The van der Waals surface area contributed by atoms with Crippen LogP contribution >= 0.6 is 0 Å². The maximum Gasteiger partial charge on any atom is 0.438 e. The number of aromatic nitrogens is 1. The molecule has 1 heterocycles. The van der Waals surface area contributed by atoms with Gasteiger partial charge in [-0.25, -0.2) is 4.79 Å². The number of alkyl halides is 3. The molecule has 0 saturated carbocycles. The molecule has 0 atom stereocenters. The van der Waals surface area contributed by atoms with E-state index in [1.807, 2.05) is 0 Å². The van der Waals surface area contributed by atoms with Gasteiger partial charge in [0.1, 0.15) is 5.76 Å². The number of nitrogens with zero attached hydrogens (tertiary/aromatic N) is 2. The predicted molar refractivity (Wildman–Crippen MR) is 70.4 cm³/mol. The molecule has 1 aromatic carbocycles. The maximum atomic E-state index is 12.8. The van der Waals surface area contributed by atoms with Gasteiger partial charge in [-0.3, -0.25) is 4.57 Å². The Bertz CT molecular complexity index is 744. The van der Waals surface area contributed by atoms with Gasteiger partial charge in [-0.05, 0) is 32.0 Å². The number of carbonyl (C=O) groups excluding carboxylic acids is 1. The standard InChI is InChI=1S/C14H13F3N2O3/c1-3-21-13(20)18-12-19(8-9(2)22-12)11-6-4-5-10(7-11)14(15,16)17/h4-8H,3H2,1-2H3/b18-12-. The molecule has 22 heavy (non-hydrogen) atoms. The quantitative estimate of drug-likeness (QED) is 0.853. The number of aryl methyl sites for hydroxylation is 1. The smallest absolute Gasteiger partial charge is 0.438 e. The molecule has 8 heteroatoms. The third kappa shape index (κ3) is 3.57. The minimum absolute atomic E-state index is 0.131. The SMILES string of the molecule is CCOC(=O)/N=c1\oc(C)cn1-c1cccc(C(F)(F)F)c1. The minimum atomic E-state index is -4.46. The summed E-state index contributed by atoms with van der Waals surface area (Å²) >= 11 is 0. The minimum Gasteiger partial charge on any atom is -0.448 e. The number of benzene rings is 1. The molecule has 0 aliphatic rings. The fourth-order valence-corrected chi connectivity index (χ4v) is 1.78. The van der Waals surface area contributed by atoms with Crippen molar-refractivity contribution in [2.45, 2.75) is 20.0 Å². The van der Waals surface area contributed by atoms with Crippen LogP contribution < -0.4 is 5.68 Å². The van der Waals surface area contributed by atoms with Crippen LogP contribution in [0.1, 0.15) is 18.2 Å². The van der Waals surface area contributed by atoms with Gasteiger partial charge in [-0.2, -0.15) is 13.2 Å². The number of hydrogen-bond acceptors (Lipinski definition) is 3. The third-order valence-corrected chi connectivity index (χ3v) is 2.68. The fourth-order valence-electron chi connectivity index (χ4n) is 1.78. The van der Waals surface area contributed by atoms with Crippen LogP contribution in [-0.4, -0.2) is 17.3 Å². The van der Waals surface area contributed by atoms with E-state index in [9.17, 15) is 18.0 Å². The zero-order chi connectivity index (χ0) is 16.3. The van der Waals surface area contributed by atoms with Crippen molar-refractivity contribution in [3.05, 3.63) is 47.5 Å². The molecular weight excluding hydrogens is 301 g/mol. The van der Waals surface area contributed by atoms with Crippen molar-refractivity contribution in [2.75, 3.05) is 6.61 Å². The second kappa shape index (κ2) is 6.08. The summed E-state index contributed by atoms with van der Waals surface area (Å²) in [7, 11) is 0. The second-order valence-corrected chi connectivity index (χ2v) is 4.35. The van der Waals surface area contributed by atoms with E-state index < -0.39 is 17.8 Å². The van der Waals surface area contributed by atoms with E-state index in [4.69, 9.17) is 4.42 Å². The lowest BCUT2D eigenvalue weighted by Crippen LogP contribution is -2.17. The summed E-state index contributed by atoms with van der Waals surface area (Å²) in [6.45, 7) is 3.33. The summed E-state index contributed by atoms with van der Waals surface area (Å²) in [4.78, 5) is 15.0. The molecule has 1 aromatic heterocycles. The highest BCUT2D eigenvalue weighted by Gasteiger charge is 2.30. The van der Waals surface area contributed by atoms with Crippen LogP contribution in [0.5, 0.6) is 0 Å². The Labute approximate surface area is 123 Å². The summed E-state index contributed by atoms with van der Waals surface area (Å²) in [5.74, 6) is 0.389. The number of rotatable bonds is 2. The fraction of sp³-hybridized carbons (Fsp3) is 0.286. The van der Waals surface area contributed by atoms with Crippen LogP contribution in [0.15, 0.2) is 39.9 Å². The molecule has 0 spiro atoms. The van der Waals surface area contributed by atoms with Crippen molar-refractivity contribution in [1.82, 2.24) is 4.57 Å². The van der Waals surface area contributed by atoms with E-state index in [1.54, 1.807) is 13.8 Å². The molecule has 0 aliphatic heterocycles. The van der Waals surface area contributed by atoms with Crippen molar-refractivity contribution < 1.29 is 27.1 Å². The number of halogens is 3. The normalized spacial score (nSPS) is 12.5. The first-order valence-corrected chi connectivity index (χ1v) is 6.39. The van der Waals surface area contributed by atoms with Gasteiger partial charge >= 0.3 is 18.0 Å². The van der Waals surface area contributed by atoms with Gasteiger partial charge < -0.3 is 9.15 Å². The van der Waals surface area contributed by atoms with Gasteiger partial charge in [0, 0.05) is 0 Å². The Kier molecular flexibility index (Phi) is 4.39. The molecule has 118 valence electrons. The van der Waals surface area contributed by atoms with Gasteiger partial charge in [-0.15, -0.1) is 4.99 Å². The first-order chi connectivity index (χ1) is 10.3. The molecular formula is C14H13F3N2O3. The van der Waals surface area contributed by atoms with Crippen molar-refractivity contribution in [3.8, 4) is 5.69 Å². The summed E-state index contributed by atoms with van der Waals surface area (Å²) in [5, 5.41) is 0. The molecule has 0 N–H and O–H groups in total. The van der Waals surface area contributed by atoms with Crippen molar-refractivity contribution in [2.24, 2.45) is 4.99 Å². The summed E-state index contributed by atoms with van der Waals surface area (Å²) in [5.41, 5.74) is -0.788. The molecule has 5 nitrogen and oxygen atoms in total. The van der Waals surface area contributed by atoms with E-state index in [0.29, 0.717) is 5.76 Å². The van der Waals surface area contributed by atoms with E-state index in [0.717, 1.165) is 12.1 Å². The molecule has 0 bridgehead atoms. The summed E-state index contributed by atoms with van der Waals surface area (Å²) < 4.78 is 49.5. The average Bonchev–Trinajstić information content (AvgIpc) is 2.79. The van der Waals surface area contributed by atoms with E-state index in [-0.39, 0.29) is 18.0 Å². The van der Waals surface area contributed by atoms with Crippen LogP contribution in [0, 0.1) is 6.92 Å². The molecule has 0 saturated heterocycles. The predicted octanol–water partition coefficient (Wildman–Crippen LogP) is 3.45. The van der Waals surface area contributed by atoms with Gasteiger partial charge in [0.05, 0.1) is 24.1 Å². The van der Waals surface area contributed by atoms with Crippen LogP contribution in [0.2, 0.25) is 0 Å². The Morgan fingerprint density at radius 1 is 1.41 bits per heavy atom. The van der Waals surface area contributed by atoms with E-state index in [1.165, 1.54) is 22.9 Å². The molecule has 1 amide bonds.